The van der Waals surface area contributed by atoms with Gasteiger partial charge in [-0.15, -0.1) is 11.8 Å². The SMILES string of the molecule is CC(O)C1C(=O)N2C(C(=O)O)=C(S[C@H]3C[C@@H](C(=O)N(C)C)N(C)C3)[C@H](C)[C@H]12. The molecule has 3 rings (SSSR count). The number of aliphatic hydroxyl groups excluding tert-OH is 1. The fraction of sp³-hybridized carbons (Fsp3) is 0.722. The number of amides is 2. The van der Waals surface area contributed by atoms with Crippen molar-refractivity contribution in [2.24, 2.45) is 11.8 Å². The van der Waals surface area contributed by atoms with Gasteiger partial charge in [-0.2, -0.15) is 0 Å². The lowest BCUT2D eigenvalue weighted by atomic mass is 9.79. The first kappa shape index (κ1) is 20.2. The summed E-state index contributed by atoms with van der Waals surface area (Å²) in [6.07, 6.45) is -0.167. The van der Waals surface area contributed by atoms with E-state index in [0.717, 1.165) is 0 Å². The highest BCUT2D eigenvalue weighted by molar-refractivity contribution is 8.03. The second kappa shape index (κ2) is 7.10. The van der Waals surface area contributed by atoms with Crippen LogP contribution in [-0.4, -0.2) is 93.8 Å². The summed E-state index contributed by atoms with van der Waals surface area (Å²) in [5.41, 5.74) is 0.0458. The number of hydrogen-bond acceptors (Lipinski definition) is 6. The summed E-state index contributed by atoms with van der Waals surface area (Å²) in [4.78, 5) is 42.2. The highest BCUT2D eigenvalue weighted by Crippen LogP contribution is 2.52. The number of carbonyl (C=O) groups is 3. The van der Waals surface area contributed by atoms with Gasteiger partial charge < -0.3 is 20.0 Å². The average molecular weight is 397 g/mol. The summed E-state index contributed by atoms with van der Waals surface area (Å²) in [5.74, 6) is -2.09. The number of fused-ring (bicyclic) bond motifs is 1. The normalized spacial score (nSPS) is 34.5. The zero-order chi connectivity index (χ0) is 20.2. The van der Waals surface area contributed by atoms with Gasteiger partial charge in [0.15, 0.2) is 0 Å². The maximum Gasteiger partial charge on any atom is 0.353 e. The predicted octanol–water partition coefficient (Wildman–Crippen LogP) is 0.0342. The highest BCUT2D eigenvalue weighted by atomic mass is 32.2. The number of aliphatic carboxylic acids is 1. The van der Waals surface area contributed by atoms with Crippen molar-refractivity contribution in [3.8, 4) is 0 Å². The molecule has 0 spiro atoms. The van der Waals surface area contributed by atoms with Crippen LogP contribution in [0.5, 0.6) is 0 Å². The lowest BCUT2D eigenvalue weighted by Gasteiger charge is -2.46. The molecule has 0 aromatic heterocycles. The standard InChI is InChI=1S/C18H27N3O5S/c1-8-13-12(9(2)22)17(24)21(13)14(18(25)26)15(8)27-10-6-11(20(5)7-10)16(23)19(3)4/h8-13,22H,6-7H2,1-5H3,(H,25,26)/t8-,9?,10+,11+,12?,13-/m1/s1. The molecule has 3 aliphatic heterocycles. The molecule has 0 saturated carbocycles. The predicted molar refractivity (Wildman–Crippen MR) is 101 cm³/mol. The number of likely N-dealkylation sites (N-methyl/N-ethyl adjacent to an activating group) is 2. The smallest absolute Gasteiger partial charge is 0.353 e. The van der Waals surface area contributed by atoms with E-state index in [9.17, 15) is 24.6 Å². The largest absolute Gasteiger partial charge is 0.477 e. The van der Waals surface area contributed by atoms with Crippen LogP contribution in [0.15, 0.2) is 10.6 Å². The Morgan fingerprint density at radius 2 is 1.96 bits per heavy atom. The minimum Gasteiger partial charge on any atom is -0.477 e. The van der Waals surface area contributed by atoms with Crippen LogP contribution in [0.1, 0.15) is 20.3 Å². The minimum atomic E-state index is -1.11. The van der Waals surface area contributed by atoms with E-state index in [-0.39, 0.29) is 40.8 Å². The van der Waals surface area contributed by atoms with E-state index < -0.39 is 18.0 Å². The van der Waals surface area contributed by atoms with Crippen LogP contribution in [0, 0.1) is 11.8 Å². The monoisotopic (exact) mass is 397 g/mol. The van der Waals surface area contributed by atoms with Crippen molar-refractivity contribution in [1.29, 1.82) is 0 Å². The van der Waals surface area contributed by atoms with Crippen molar-refractivity contribution in [1.82, 2.24) is 14.7 Å². The number of β-lactam (4-membered cyclic amide) rings is 1. The Hall–Kier alpha value is -1.58. The van der Waals surface area contributed by atoms with Gasteiger partial charge in [0, 0.05) is 36.7 Å². The van der Waals surface area contributed by atoms with Gasteiger partial charge in [0.2, 0.25) is 11.8 Å². The van der Waals surface area contributed by atoms with E-state index in [2.05, 4.69) is 0 Å². The van der Waals surface area contributed by atoms with Crippen LogP contribution in [0.4, 0.5) is 0 Å². The van der Waals surface area contributed by atoms with Gasteiger partial charge >= 0.3 is 5.97 Å². The molecule has 0 aromatic carbocycles. The molecule has 2 saturated heterocycles. The molecule has 0 bridgehead atoms. The summed E-state index contributed by atoms with van der Waals surface area (Å²) in [5, 5.41) is 19.7. The van der Waals surface area contributed by atoms with Gasteiger partial charge in [0.25, 0.3) is 0 Å². The van der Waals surface area contributed by atoms with E-state index >= 15 is 0 Å². The first-order valence-corrected chi connectivity index (χ1v) is 10.0. The molecule has 2 fully saturated rings. The molecule has 3 aliphatic rings. The van der Waals surface area contributed by atoms with Gasteiger partial charge in [-0.25, -0.2) is 4.79 Å². The number of aliphatic hydroxyl groups is 1. The number of likely N-dealkylation sites (tertiary alicyclic amines) is 1. The van der Waals surface area contributed by atoms with Gasteiger partial charge in [0.1, 0.15) is 5.70 Å². The van der Waals surface area contributed by atoms with Gasteiger partial charge in [0.05, 0.1) is 24.1 Å². The Labute approximate surface area is 163 Å². The quantitative estimate of drug-likeness (QED) is 0.632. The zero-order valence-electron chi connectivity index (χ0n) is 16.2. The number of carboxylic acid groups (broad SMARTS) is 1. The number of rotatable bonds is 5. The van der Waals surface area contributed by atoms with Crippen LogP contribution >= 0.6 is 11.8 Å². The number of carboxylic acids is 1. The third kappa shape index (κ3) is 3.15. The summed E-state index contributed by atoms with van der Waals surface area (Å²) in [7, 11) is 5.36. The molecule has 6 atom stereocenters. The minimum absolute atomic E-state index is 0.0423. The first-order valence-electron chi connectivity index (χ1n) is 9.12. The molecule has 8 nitrogen and oxygen atoms in total. The fourth-order valence-electron chi connectivity index (χ4n) is 4.48. The van der Waals surface area contributed by atoms with Crippen LogP contribution in [0.2, 0.25) is 0 Å². The Balaban J connectivity index is 1.81. The lowest BCUT2D eigenvalue weighted by Crippen LogP contribution is -2.63. The van der Waals surface area contributed by atoms with E-state index in [0.29, 0.717) is 17.9 Å². The van der Waals surface area contributed by atoms with Crippen molar-refractivity contribution in [3.63, 3.8) is 0 Å². The van der Waals surface area contributed by atoms with Crippen LogP contribution in [0.25, 0.3) is 0 Å². The second-order valence-corrected chi connectivity index (χ2v) is 9.28. The molecule has 0 radical (unpaired) electrons. The van der Waals surface area contributed by atoms with E-state index in [4.69, 9.17) is 0 Å². The molecule has 0 aromatic rings. The maximum atomic E-state index is 12.4. The van der Waals surface area contributed by atoms with E-state index in [1.54, 1.807) is 25.9 Å². The number of thioether (sulfide) groups is 1. The number of hydrogen-bond donors (Lipinski definition) is 2. The topological polar surface area (TPSA) is 101 Å². The molecular formula is C18H27N3O5S. The first-order chi connectivity index (χ1) is 12.6. The van der Waals surface area contributed by atoms with Crippen LogP contribution < -0.4 is 0 Å². The zero-order valence-corrected chi connectivity index (χ0v) is 17.1. The summed E-state index contributed by atoms with van der Waals surface area (Å²) >= 11 is 1.47. The molecule has 27 heavy (non-hydrogen) atoms. The van der Waals surface area contributed by atoms with Crippen LogP contribution in [-0.2, 0) is 14.4 Å². The number of carbonyl (C=O) groups excluding carboxylic acids is 2. The van der Waals surface area contributed by atoms with Crippen molar-refractivity contribution in [2.75, 3.05) is 27.7 Å². The lowest BCUT2D eigenvalue weighted by molar-refractivity contribution is -0.163. The molecule has 2 N–H and O–H groups in total. The molecule has 150 valence electrons. The third-order valence-electron chi connectivity index (χ3n) is 5.84. The molecule has 2 unspecified atom stereocenters. The Kier molecular flexibility index (Phi) is 5.31. The molecule has 9 heteroatoms. The summed E-state index contributed by atoms with van der Waals surface area (Å²) < 4.78 is 0. The van der Waals surface area contributed by atoms with Gasteiger partial charge in [-0.05, 0) is 20.4 Å². The summed E-state index contributed by atoms with van der Waals surface area (Å²) in [6.45, 7) is 4.16. The second-order valence-electron chi connectivity index (χ2n) is 7.94. The fourth-order valence-corrected chi connectivity index (χ4v) is 6.08. The van der Waals surface area contributed by atoms with Gasteiger partial charge in [-0.1, -0.05) is 6.92 Å². The van der Waals surface area contributed by atoms with Crippen LogP contribution in [0.3, 0.4) is 0 Å². The average Bonchev–Trinajstić information content (AvgIpc) is 3.03. The Bertz CT molecular complexity index is 707. The third-order valence-corrected chi connectivity index (χ3v) is 7.33. The Morgan fingerprint density at radius 3 is 2.48 bits per heavy atom. The van der Waals surface area contributed by atoms with Crippen molar-refractivity contribution >= 4 is 29.5 Å². The molecular weight excluding hydrogens is 370 g/mol. The van der Waals surface area contributed by atoms with E-state index in [1.807, 2.05) is 18.9 Å². The van der Waals surface area contributed by atoms with Crippen molar-refractivity contribution in [2.45, 2.75) is 43.7 Å². The van der Waals surface area contributed by atoms with Crippen molar-refractivity contribution < 1.29 is 24.6 Å². The molecule has 2 amide bonds. The molecule has 3 heterocycles. The summed E-state index contributed by atoms with van der Waals surface area (Å²) in [6, 6.07) is -0.517. The number of nitrogens with zero attached hydrogens (tertiary/aromatic N) is 3. The molecule has 0 aliphatic carbocycles. The maximum absolute atomic E-state index is 12.4. The highest BCUT2D eigenvalue weighted by Gasteiger charge is 2.60. The Morgan fingerprint density at radius 1 is 1.33 bits per heavy atom. The van der Waals surface area contributed by atoms with Gasteiger partial charge in [-0.3, -0.25) is 14.5 Å². The van der Waals surface area contributed by atoms with E-state index in [1.165, 1.54) is 16.7 Å². The van der Waals surface area contributed by atoms with Crippen molar-refractivity contribution in [3.05, 3.63) is 10.6 Å².